The highest BCUT2D eigenvalue weighted by molar-refractivity contribution is 6.31. The van der Waals surface area contributed by atoms with E-state index in [0.29, 0.717) is 23.1 Å². The topological polar surface area (TPSA) is 62.7 Å². The van der Waals surface area contributed by atoms with E-state index in [4.69, 9.17) is 16.3 Å². The molecular formula is C20H22ClN3O2. The fourth-order valence-corrected chi connectivity index (χ4v) is 2.95. The quantitative estimate of drug-likeness (QED) is 0.630. The Bertz CT molecular complexity index is 801. The standard InChI is InChI=1S/C20H22ClN3O2/c1-14-5-2-6-15(11-14)19(25)24-20(22-13-18-9-4-10-26-18)23-17-8-3-7-16(21)12-17/h2-3,5-8,11-12,18H,4,9-10,13H2,1H3,(H2,22,23,24,25)/t18-/m1/s1. The van der Waals surface area contributed by atoms with Crippen molar-refractivity contribution in [3.05, 3.63) is 64.7 Å². The van der Waals surface area contributed by atoms with Gasteiger partial charge in [-0.2, -0.15) is 0 Å². The van der Waals surface area contributed by atoms with Crippen LogP contribution in [0.3, 0.4) is 0 Å². The van der Waals surface area contributed by atoms with Gasteiger partial charge in [0.25, 0.3) is 5.91 Å². The molecule has 1 aliphatic heterocycles. The number of hydrogen-bond acceptors (Lipinski definition) is 3. The van der Waals surface area contributed by atoms with Crippen LogP contribution in [0.25, 0.3) is 0 Å². The molecule has 2 aromatic rings. The van der Waals surface area contributed by atoms with Crippen molar-refractivity contribution in [2.24, 2.45) is 4.99 Å². The zero-order valence-electron chi connectivity index (χ0n) is 14.7. The molecular weight excluding hydrogens is 350 g/mol. The zero-order chi connectivity index (χ0) is 18.4. The predicted octanol–water partition coefficient (Wildman–Crippen LogP) is 4.03. The molecule has 1 heterocycles. The van der Waals surface area contributed by atoms with E-state index in [-0.39, 0.29) is 12.0 Å². The van der Waals surface area contributed by atoms with Crippen molar-refractivity contribution >= 4 is 29.2 Å². The third kappa shape index (κ3) is 5.31. The number of anilines is 1. The van der Waals surface area contributed by atoms with Gasteiger partial charge in [0, 0.05) is 22.9 Å². The molecule has 2 N–H and O–H groups in total. The second-order valence-corrected chi connectivity index (χ2v) is 6.72. The summed E-state index contributed by atoms with van der Waals surface area (Å²) in [7, 11) is 0. The molecule has 0 bridgehead atoms. The first-order valence-electron chi connectivity index (χ1n) is 8.67. The number of amides is 1. The SMILES string of the molecule is Cc1cccc(C(=O)NC(=NC[C@H]2CCCO2)Nc2cccc(Cl)c2)c1. The molecule has 2 aromatic carbocycles. The lowest BCUT2D eigenvalue weighted by Gasteiger charge is -2.14. The van der Waals surface area contributed by atoms with E-state index in [9.17, 15) is 4.79 Å². The summed E-state index contributed by atoms with van der Waals surface area (Å²) in [4.78, 5) is 17.1. The predicted molar refractivity (Wildman–Crippen MR) is 105 cm³/mol. The van der Waals surface area contributed by atoms with Crippen LogP contribution in [0.5, 0.6) is 0 Å². The van der Waals surface area contributed by atoms with Gasteiger partial charge in [-0.3, -0.25) is 10.1 Å². The molecule has 1 saturated heterocycles. The largest absolute Gasteiger partial charge is 0.376 e. The Morgan fingerprint density at radius 2 is 2.12 bits per heavy atom. The van der Waals surface area contributed by atoms with Crippen LogP contribution in [0, 0.1) is 6.92 Å². The molecule has 1 fully saturated rings. The van der Waals surface area contributed by atoms with Crippen molar-refractivity contribution in [3.63, 3.8) is 0 Å². The average Bonchev–Trinajstić information content (AvgIpc) is 3.13. The summed E-state index contributed by atoms with van der Waals surface area (Å²) < 4.78 is 5.61. The molecule has 26 heavy (non-hydrogen) atoms. The molecule has 0 aromatic heterocycles. The van der Waals surface area contributed by atoms with Gasteiger partial charge >= 0.3 is 0 Å². The van der Waals surface area contributed by atoms with Gasteiger partial charge in [-0.25, -0.2) is 4.99 Å². The van der Waals surface area contributed by atoms with Crippen LogP contribution in [0.2, 0.25) is 5.02 Å². The highest BCUT2D eigenvalue weighted by Crippen LogP contribution is 2.15. The normalized spacial score (nSPS) is 17.2. The van der Waals surface area contributed by atoms with Gasteiger partial charge in [0.15, 0.2) is 0 Å². The van der Waals surface area contributed by atoms with Crippen LogP contribution < -0.4 is 10.6 Å². The average molecular weight is 372 g/mol. The van der Waals surface area contributed by atoms with Gasteiger partial charge in [-0.1, -0.05) is 35.4 Å². The van der Waals surface area contributed by atoms with Gasteiger partial charge in [0.05, 0.1) is 12.6 Å². The first-order valence-corrected chi connectivity index (χ1v) is 9.04. The molecule has 0 saturated carbocycles. The highest BCUT2D eigenvalue weighted by Gasteiger charge is 2.16. The lowest BCUT2D eigenvalue weighted by Crippen LogP contribution is -2.36. The van der Waals surface area contributed by atoms with Crippen LogP contribution in [-0.2, 0) is 4.74 Å². The number of carbonyl (C=O) groups is 1. The Kier molecular flexibility index (Phi) is 6.26. The Labute approximate surface area is 158 Å². The molecule has 0 spiro atoms. The van der Waals surface area contributed by atoms with E-state index >= 15 is 0 Å². The highest BCUT2D eigenvalue weighted by atomic mass is 35.5. The maximum absolute atomic E-state index is 12.6. The third-order valence-corrected chi connectivity index (χ3v) is 4.31. The van der Waals surface area contributed by atoms with Crippen molar-refractivity contribution in [2.75, 3.05) is 18.5 Å². The molecule has 136 valence electrons. The zero-order valence-corrected chi connectivity index (χ0v) is 15.4. The second-order valence-electron chi connectivity index (χ2n) is 6.28. The maximum Gasteiger partial charge on any atom is 0.257 e. The molecule has 0 aliphatic carbocycles. The number of halogens is 1. The number of nitrogens with one attached hydrogen (secondary N) is 2. The first kappa shape index (κ1) is 18.4. The molecule has 6 heteroatoms. The van der Waals surface area contributed by atoms with Crippen LogP contribution in [0.15, 0.2) is 53.5 Å². The Hall–Kier alpha value is -2.37. The van der Waals surface area contributed by atoms with E-state index in [1.54, 1.807) is 18.2 Å². The van der Waals surface area contributed by atoms with Crippen molar-refractivity contribution < 1.29 is 9.53 Å². The number of nitrogens with zero attached hydrogens (tertiary/aromatic N) is 1. The summed E-state index contributed by atoms with van der Waals surface area (Å²) in [5.41, 5.74) is 2.37. The van der Waals surface area contributed by atoms with Gasteiger partial charge in [-0.15, -0.1) is 0 Å². The van der Waals surface area contributed by atoms with Crippen LogP contribution >= 0.6 is 11.6 Å². The van der Waals surface area contributed by atoms with Gasteiger partial charge in [-0.05, 0) is 50.1 Å². The Morgan fingerprint density at radius 1 is 1.27 bits per heavy atom. The number of guanidine groups is 1. The number of rotatable bonds is 4. The third-order valence-electron chi connectivity index (χ3n) is 4.08. The molecule has 5 nitrogen and oxygen atoms in total. The van der Waals surface area contributed by atoms with Crippen LogP contribution in [0.1, 0.15) is 28.8 Å². The van der Waals surface area contributed by atoms with E-state index in [1.165, 1.54) is 0 Å². The maximum atomic E-state index is 12.6. The van der Waals surface area contributed by atoms with E-state index in [2.05, 4.69) is 15.6 Å². The van der Waals surface area contributed by atoms with E-state index in [0.717, 1.165) is 30.7 Å². The van der Waals surface area contributed by atoms with Crippen molar-refractivity contribution in [3.8, 4) is 0 Å². The summed E-state index contributed by atoms with van der Waals surface area (Å²) >= 11 is 6.04. The molecule has 1 amide bonds. The molecule has 3 rings (SSSR count). The summed E-state index contributed by atoms with van der Waals surface area (Å²) in [6.07, 6.45) is 2.13. The number of aliphatic imine (C=N–C) groups is 1. The minimum atomic E-state index is -0.214. The minimum absolute atomic E-state index is 0.0991. The smallest absolute Gasteiger partial charge is 0.257 e. The summed E-state index contributed by atoms with van der Waals surface area (Å²) in [5, 5.41) is 6.60. The fraction of sp³-hybridized carbons (Fsp3) is 0.300. The Balaban J connectivity index is 1.75. The lowest BCUT2D eigenvalue weighted by atomic mass is 10.1. The Morgan fingerprint density at radius 3 is 2.85 bits per heavy atom. The fourth-order valence-electron chi connectivity index (χ4n) is 2.76. The summed E-state index contributed by atoms with van der Waals surface area (Å²) in [5.74, 6) is 0.170. The first-order chi connectivity index (χ1) is 12.6. The molecule has 0 unspecified atom stereocenters. The van der Waals surface area contributed by atoms with Crippen molar-refractivity contribution in [1.82, 2.24) is 5.32 Å². The molecule has 1 aliphatic rings. The lowest BCUT2D eigenvalue weighted by molar-refractivity contribution is 0.0975. The van der Waals surface area contributed by atoms with Crippen molar-refractivity contribution in [1.29, 1.82) is 0 Å². The monoisotopic (exact) mass is 371 g/mol. The second kappa shape index (κ2) is 8.83. The minimum Gasteiger partial charge on any atom is -0.376 e. The molecule has 1 atom stereocenters. The summed E-state index contributed by atoms with van der Waals surface area (Å²) in [6.45, 7) is 3.22. The number of carbonyl (C=O) groups excluding carboxylic acids is 1. The van der Waals surface area contributed by atoms with Crippen LogP contribution in [-0.4, -0.2) is 31.1 Å². The van der Waals surface area contributed by atoms with E-state index < -0.39 is 0 Å². The number of aryl methyl sites for hydroxylation is 1. The van der Waals surface area contributed by atoms with E-state index in [1.807, 2.05) is 37.3 Å². The van der Waals surface area contributed by atoms with Gasteiger partial charge in [0.1, 0.15) is 0 Å². The van der Waals surface area contributed by atoms with Crippen molar-refractivity contribution in [2.45, 2.75) is 25.9 Å². The van der Waals surface area contributed by atoms with Gasteiger partial charge in [0.2, 0.25) is 5.96 Å². The summed E-state index contributed by atoms with van der Waals surface area (Å²) in [6, 6.07) is 14.7. The number of ether oxygens (including phenoxy) is 1. The van der Waals surface area contributed by atoms with Gasteiger partial charge < -0.3 is 10.1 Å². The molecule has 0 radical (unpaired) electrons. The number of benzene rings is 2. The van der Waals surface area contributed by atoms with Crippen LogP contribution in [0.4, 0.5) is 5.69 Å². The number of hydrogen-bond donors (Lipinski definition) is 2.